The van der Waals surface area contributed by atoms with E-state index in [1.807, 2.05) is 37.3 Å². The number of nitrogens with zero attached hydrogens (tertiary/aromatic N) is 2. The van der Waals surface area contributed by atoms with Crippen molar-refractivity contribution < 1.29 is 4.74 Å². The molecule has 1 unspecified atom stereocenters. The first kappa shape index (κ1) is 12.4. The van der Waals surface area contributed by atoms with Gasteiger partial charge in [0.2, 0.25) is 5.88 Å². The maximum atomic E-state index is 5.30. The molecule has 0 aliphatic rings. The van der Waals surface area contributed by atoms with E-state index in [0.29, 0.717) is 12.5 Å². The van der Waals surface area contributed by atoms with E-state index in [2.05, 4.69) is 22.2 Å². The second kappa shape index (κ2) is 6.00. The van der Waals surface area contributed by atoms with Crippen LogP contribution in [-0.2, 0) is 0 Å². The second-order valence-corrected chi connectivity index (χ2v) is 3.94. The van der Waals surface area contributed by atoms with E-state index in [4.69, 9.17) is 4.74 Å². The Morgan fingerprint density at radius 3 is 2.72 bits per heavy atom. The molecule has 0 radical (unpaired) electrons. The third-order valence-electron chi connectivity index (χ3n) is 2.54. The largest absolute Gasteiger partial charge is 0.478 e. The zero-order valence-corrected chi connectivity index (χ0v) is 10.6. The van der Waals surface area contributed by atoms with Crippen LogP contribution in [0.2, 0.25) is 0 Å². The summed E-state index contributed by atoms with van der Waals surface area (Å²) in [6.45, 7) is 4.64. The minimum absolute atomic E-state index is 0.144. The lowest BCUT2D eigenvalue weighted by molar-refractivity contribution is 0.327. The van der Waals surface area contributed by atoms with Crippen LogP contribution >= 0.6 is 0 Å². The number of rotatable bonds is 5. The van der Waals surface area contributed by atoms with Crippen molar-refractivity contribution in [1.82, 2.24) is 9.97 Å². The second-order valence-electron chi connectivity index (χ2n) is 3.94. The molecule has 2 aromatic heterocycles. The molecule has 18 heavy (non-hydrogen) atoms. The van der Waals surface area contributed by atoms with E-state index in [-0.39, 0.29) is 6.04 Å². The van der Waals surface area contributed by atoms with Crippen LogP contribution in [-0.4, -0.2) is 16.6 Å². The van der Waals surface area contributed by atoms with Gasteiger partial charge in [0.05, 0.1) is 30.2 Å². The fraction of sp³-hybridized carbons (Fsp3) is 0.286. The van der Waals surface area contributed by atoms with Crippen molar-refractivity contribution in [3.05, 3.63) is 48.4 Å². The monoisotopic (exact) mass is 243 g/mol. The van der Waals surface area contributed by atoms with Crippen LogP contribution in [0.4, 0.5) is 5.69 Å². The first-order valence-corrected chi connectivity index (χ1v) is 6.06. The van der Waals surface area contributed by atoms with Crippen LogP contribution in [0.3, 0.4) is 0 Å². The maximum Gasteiger partial charge on any atom is 0.213 e. The number of pyridine rings is 2. The van der Waals surface area contributed by atoms with Gasteiger partial charge < -0.3 is 10.1 Å². The normalized spacial score (nSPS) is 11.9. The van der Waals surface area contributed by atoms with Gasteiger partial charge in [-0.1, -0.05) is 6.07 Å². The molecular weight excluding hydrogens is 226 g/mol. The summed E-state index contributed by atoms with van der Waals surface area (Å²) in [6, 6.07) is 9.85. The molecule has 0 saturated heterocycles. The Hall–Kier alpha value is -2.10. The fourth-order valence-corrected chi connectivity index (χ4v) is 1.65. The molecule has 0 bridgehead atoms. The molecule has 4 nitrogen and oxygen atoms in total. The Morgan fingerprint density at radius 1 is 1.22 bits per heavy atom. The molecule has 0 aromatic carbocycles. The average Bonchev–Trinajstić information content (AvgIpc) is 2.42. The molecule has 4 heteroatoms. The molecule has 2 aromatic rings. The van der Waals surface area contributed by atoms with Crippen molar-refractivity contribution in [2.75, 3.05) is 11.9 Å². The smallest absolute Gasteiger partial charge is 0.213 e. The topological polar surface area (TPSA) is 47.0 Å². The first-order valence-electron chi connectivity index (χ1n) is 6.06. The Morgan fingerprint density at radius 2 is 2.11 bits per heavy atom. The fourth-order valence-electron chi connectivity index (χ4n) is 1.65. The third-order valence-corrected chi connectivity index (χ3v) is 2.54. The molecule has 1 N–H and O–H groups in total. The van der Waals surface area contributed by atoms with Gasteiger partial charge in [-0.25, -0.2) is 4.98 Å². The predicted molar refractivity (Wildman–Crippen MR) is 71.7 cm³/mol. The Labute approximate surface area is 107 Å². The SMILES string of the molecule is CCOc1ccc(NC(C)c2ccccn2)cn1. The standard InChI is InChI=1S/C14H17N3O/c1-3-18-14-8-7-12(10-16-14)17-11(2)13-6-4-5-9-15-13/h4-11,17H,3H2,1-2H3. The van der Waals surface area contributed by atoms with Crippen LogP contribution in [0, 0.1) is 0 Å². The molecule has 0 aliphatic heterocycles. The van der Waals surface area contributed by atoms with Gasteiger partial charge in [-0.2, -0.15) is 0 Å². The Bertz CT molecular complexity index is 470. The molecule has 0 aliphatic carbocycles. The lowest BCUT2D eigenvalue weighted by atomic mass is 10.2. The summed E-state index contributed by atoms with van der Waals surface area (Å²) in [4.78, 5) is 8.52. The van der Waals surface area contributed by atoms with Crippen LogP contribution in [0.25, 0.3) is 0 Å². The first-order chi connectivity index (χ1) is 8.79. The van der Waals surface area contributed by atoms with Gasteiger partial charge in [-0.15, -0.1) is 0 Å². The highest BCUT2D eigenvalue weighted by molar-refractivity contribution is 5.43. The molecule has 0 saturated carbocycles. The molecule has 1 atom stereocenters. The third kappa shape index (κ3) is 3.20. The van der Waals surface area contributed by atoms with Crippen LogP contribution < -0.4 is 10.1 Å². The number of anilines is 1. The molecule has 0 fully saturated rings. The minimum Gasteiger partial charge on any atom is -0.478 e. The van der Waals surface area contributed by atoms with Crippen molar-refractivity contribution in [2.24, 2.45) is 0 Å². The van der Waals surface area contributed by atoms with Gasteiger partial charge in [-0.05, 0) is 32.0 Å². The number of hydrogen-bond donors (Lipinski definition) is 1. The zero-order chi connectivity index (χ0) is 12.8. The van der Waals surface area contributed by atoms with Gasteiger partial charge >= 0.3 is 0 Å². The van der Waals surface area contributed by atoms with Gasteiger partial charge in [0.15, 0.2) is 0 Å². The number of hydrogen-bond acceptors (Lipinski definition) is 4. The van der Waals surface area contributed by atoms with E-state index >= 15 is 0 Å². The average molecular weight is 243 g/mol. The zero-order valence-electron chi connectivity index (χ0n) is 10.6. The molecular formula is C14H17N3O. The molecule has 94 valence electrons. The van der Waals surface area contributed by atoms with E-state index in [1.54, 1.807) is 12.4 Å². The van der Waals surface area contributed by atoms with Gasteiger partial charge in [-0.3, -0.25) is 4.98 Å². The van der Waals surface area contributed by atoms with Crippen molar-refractivity contribution >= 4 is 5.69 Å². The lowest BCUT2D eigenvalue weighted by Crippen LogP contribution is -2.08. The summed E-state index contributed by atoms with van der Waals surface area (Å²) < 4.78 is 5.30. The molecule has 2 heterocycles. The van der Waals surface area contributed by atoms with Crippen molar-refractivity contribution in [3.63, 3.8) is 0 Å². The lowest BCUT2D eigenvalue weighted by Gasteiger charge is -2.14. The highest BCUT2D eigenvalue weighted by atomic mass is 16.5. The molecule has 0 amide bonds. The van der Waals surface area contributed by atoms with Crippen molar-refractivity contribution in [1.29, 1.82) is 0 Å². The number of ether oxygens (including phenoxy) is 1. The number of nitrogens with one attached hydrogen (secondary N) is 1. The minimum atomic E-state index is 0.144. The Kier molecular flexibility index (Phi) is 4.12. The van der Waals surface area contributed by atoms with Crippen LogP contribution in [0.15, 0.2) is 42.7 Å². The van der Waals surface area contributed by atoms with Gasteiger partial charge in [0.25, 0.3) is 0 Å². The summed E-state index contributed by atoms with van der Waals surface area (Å²) in [6.07, 6.45) is 3.56. The van der Waals surface area contributed by atoms with Crippen molar-refractivity contribution in [2.45, 2.75) is 19.9 Å². The van der Waals surface area contributed by atoms with E-state index in [9.17, 15) is 0 Å². The van der Waals surface area contributed by atoms with Crippen LogP contribution in [0.5, 0.6) is 5.88 Å². The van der Waals surface area contributed by atoms with E-state index < -0.39 is 0 Å². The predicted octanol–water partition coefficient (Wildman–Crippen LogP) is 3.05. The summed E-state index contributed by atoms with van der Waals surface area (Å²) in [5.74, 6) is 0.647. The highest BCUT2D eigenvalue weighted by Crippen LogP contribution is 2.18. The summed E-state index contributed by atoms with van der Waals surface area (Å²) >= 11 is 0. The highest BCUT2D eigenvalue weighted by Gasteiger charge is 2.06. The quantitative estimate of drug-likeness (QED) is 0.876. The van der Waals surface area contributed by atoms with Gasteiger partial charge in [0.1, 0.15) is 0 Å². The van der Waals surface area contributed by atoms with E-state index in [0.717, 1.165) is 11.4 Å². The summed E-state index contributed by atoms with van der Waals surface area (Å²) in [7, 11) is 0. The van der Waals surface area contributed by atoms with Gasteiger partial charge in [0, 0.05) is 12.3 Å². The summed E-state index contributed by atoms with van der Waals surface area (Å²) in [5.41, 5.74) is 1.96. The number of aromatic nitrogens is 2. The maximum absolute atomic E-state index is 5.30. The molecule has 2 rings (SSSR count). The van der Waals surface area contributed by atoms with Crippen LogP contribution in [0.1, 0.15) is 25.6 Å². The Balaban J connectivity index is 2.01. The van der Waals surface area contributed by atoms with Crippen molar-refractivity contribution in [3.8, 4) is 5.88 Å². The van der Waals surface area contributed by atoms with E-state index in [1.165, 1.54) is 0 Å². The molecule has 0 spiro atoms. The summed E-state index contributed by atoms with van der Waals surface area (Å²) in [5, 5.41) is 3.35.